The minimum atomic E-state index is -0.627. The molecule has 3 fully saturated rings. The van der Waals surface area contributed by atoms with Crippen molar-refractivity contribution in [2.75, 3.05) is 26.8 Å². The van der Waals surface area contributed by atoms with Crippen molar-refractivity contribution in [2.45, 2.75) is 31.0 Å². The summed E-state index contributed by atoms with van der Waals surface area (Å²) in [6.07, 6.45) is 1.05. The van der Waals surface area contributed by atoms with E-state index in [1.54, 1.807) is 15.9 Å². The zero-order valence-corrected chi connectivity index (χ0v) is 13.5. The highest BCUT2D eigenvalue weighted by Crippen LogP contribution is 2.45. The summed E-state index contributed by atoms with van der Waals surface area (Å²) in [5.74, 6) is -0.387. The predicted molar refractivity (Wildman–Crippen MR) is 81.8 cm³/mol. The topological polar surface area (TPSA) is 59.1 Å². The lowest BCUT2D eigenvalue weighted by atomic mass is 10.1. The molecule has 0 bridgehead atoms. The molecule has 3 saturated heterocycles. The standard InChI is InChI=1S/C17H19FN2O4/c1-23-13-3-2-11(8-12(13)18)9-15(21)19-5-4-17-14(19)10-16(22)20(17)6-7-24-17/h2-3,8,14H,4-7,9-10H2,1H3/t14-,17+/m1/s1. The normalized spacial score (nSPS) is 28.2. The van der Waals surface area contributed by atoms with Gasteiger partial charge in [0.2, 0.25) is 11.8 Å². The third-order valence-electron chi connectivity index (χ3n) is 5.29. The Kier molecular flexibility index (Phi) is 3.49. The molecular weight excluding hydrogens is 315 g/mol. The SMILES string of the molecule is COc1ccc(CC(=O)N2CC[C@@]34OCCN3C(=O)C[C@@H]24)cc1F. The molecule has 0 unspecified atom stereocenters. The molecule has 24 heavy (non-hydrogen) atoms. The molecule has 4 rings (SSSR count). The van der Waals surface area contributed by atoms with Crippen LogP contribution in [0.4, 0.5) is 4.39 Å². The van der Waals surface area contributed by atoms with Crippen LogP contribution in [0.2, 0.25) is 0 Å². The molecule has 0 radical (unpaired) electrons. The van der Waals surface area contributed by atoms with E-state index in [9.17, 15) is 14.0 Å². The number of rotatable bonds is 3. The number of likely N-dealkylation sites (tertiary alicyclic amines) is 1. The summed E-state index contributed by atoms with van der Waals surface area (Å²) in [5, 5.41) is 0. The third kappa shape index (κ3) is 2.11. The lowest BCUT2D eigenvalue weighted by Gasteiger charge is -2.31. The second-order valence-corrected chi connectivity index (χ2v) is 6.44. The van der Waals surface area contributed by atoms with E-state index < -0.39 is 11.5 Å². The number of hydrogen-bond donors (Lipinski definition) is 0. The summed E-state index contributed by atoms with van der Waals surface area (Å²) in [7, 11) is 1.40. The van der Waals surface area contributed by atoms with Crippen molar-refractivity contribution in [1.29, 1.82) is 0 Å². The molecule has 3 aliphatic rings. The van der Waals surface area contributed by atoms with E-state index in [1.165, 1.54) is 19.2 Å². The van der Waals surface area contributed by atoms with Crippen LogP contribution < -0.4 is 4.74 Å². The van der Waals surface area contributed by atoms with Gasteiger partial charge in [-0.15, -0.1) is 0 Å². The van der Waals surface area contributed by atoms with E-state index in [2.05, 4.69) is 0 Å². The van der Waals surface area contributed by atoms with Crippen molar-refractivity contribution in [3.05, 3.63) is 29.6 Å². The van der Waals surface area contributed by atoms with Gasteiger partial charge >= 0.3 is 0 Å². The van der Waals surface area contributed by atoms with Crippen LogP contribution >= 0.6 is 0 Å². The van der Waals surface area contributed by atoms with E-state index in [1.807, 2.05) is 0 Å². The van der Waals surface area contributed by atoms with Crippen LogP contribution in [0.15, 0.2) is 18.2 Å². The number of carbonyl (C=O) groups is 2. The smallest absolute Gasteiger partial charge is 0.227 e. The van der Waals surface area contributed by atoms with Crippen molar-refractivity contribution >= 4 is 11.8 Å². The zero-order valence-electron chi connectivity index (χ0n) is 13.5. The van der Waals surface area contributed by atoms with E-state index in [0.29, 0.717) is 38.1 Å². The number of ether oxygens (including phenoxy) is 2. The Balaban J connectivity index is 1.52. The van der Waals surface area contributed by atoms with E-state index in [4.69, 9.17) is 9.47 Å². The van der Waals surface area contributed by atoms with Crippen LogP contribution in [0.25, 0.3) is 0 Å². The van der Waals surface area contributed by atoms with Crippen LogP contribution in [-0.2, 0) is 20.7 Å². The van der Waals surface area contributed by atoms with Gasteiger partial charge in [-0.25, -0.2) is 4.39 Å². The summed E-state index contributed by atoms with van der Waals surface area (Å²) in [5.41, 5.74) is -0.0366. The highest BCUT2D eigenvalue weighted by Gasteiger charge is 2.62. The molecule has 0 saturated carbocycles. The molecule has 0 N–H and O–H groups in total. The molecule has 6 nitrogen and oxygen atoms in total. The van der Waals surface area contributed by atoms with E-state index >= 15 is 0 Å². The molecule has 128 valence electrons. The highest BCUT2D eigenvalue weighted by molar-refractivity contribution is 5.85. The molecule has 1 spiro atoms. The van der Waals surface area contributed by atoms with Crippen LogP contribution in [0.3, 0.4) is 0 Å². The molecule has 2 amide bonds. The van der Waals surface area contributed by atoms with Gasteiger partial charge in [0.15, 0.2) is 17.3 Å². The maximum Gasteiger partial charge on any atom is 0.227 e. The number of amides is 2. The van der Waals surface area contributed by atoms with Gasteiger partial charge in [-0.2, -0.15) is 0 Å². The van der Waals surface area contributed by atoms with Gasteiger partial charge in [0, 0.05) is 19.5 Å². The Morgan fingerprint density at radius 3 is 3.04 bits per heavy atom. The van der Waals surface area contributed by atoms with Gasteiger partial charge in [0.05, 0.1) is 32.6 Å². The number of hydrogen-bond acceptors (Lipinski definition) is 4. The fraction of sp³-hybridized carbons (Fsp3) is 0.529. The number of carbonyl (C=O) groups excluding carboxylic acids is 2. The van der Waals surface area contributed by atoms with E-state index in [0.717, 1.165) is 0 Å². The first-order chi connectivity index (χ1) is 11.5. The Hall–Kier alpha value is -2.15. The summed E-state index contributed by atoms with van der Waals surface area (Å²) in [6, 6.07) is 4.29. The molecule has 0 aliphatic carbocycles. The number of benzene rings is 1. The monoisotopic (exact) mass is 334 g/mol. The summed E-state index contributed by atoms with van der Waals surface area (Å²) in [4.78, 5) is 28.4. The van der Waals surface area contributed by atoms with Gasteiger partial charge in [-0.05, 0) is 17.7 Å². The van der Waals surface area contributed by atoms with Gasteiger partial charge in [0.25, 0.3) is 0 Å². The Bertz CT molecular complexity index is 710. The molecule has 3 heterocycles. The maximum absolute atomic E-state index is 13.8. The second-order valence-electron chi connectivity index (χ2n) is 6.44. The number of methoxy groups -OCH3 is 1. The highest BCUT2D eigenvalue weighted by atomic mass is 19.1. The predicted octanol–water partition coefficient (Wildman–Crippen LogP) is 0.936. The molecule has 2 atom stereocenters. The minimum absolute atomic E-state index is 0.0468. The lowest BCUT2D eigenvalue weighted by molar-refractivity contribution is -0.139. The molecule has 1 aromatic rings. The maximum atomic E-state index is 13.8. The molecule has 7 heteroatoms. The number of halogens is 1. The van der Waals surface area contributed by atoms with Crippen molar-refractivity contribution in [1.82, 2.24) is 9.80 Å². The largest absolute Gasteiger partial charge is 0.494 e. The van der Waals surface area contributed by atoms with Gasteiger partial charge in [-0.3, -0.25) is 9.59 Å². The first kappa shape index (κ1) is 15.4. The average Bonchev–Trinajstić information content (AvgIpc) is 3.19. The van der Waals surface area contributed by atoms with Crippen LogP contribution in [0, 0.1) is 5.82 Å². The third-order valence-corrected chi connectivity index (χ3v) is 5.29. The first-order valence-electron chi connectivity index (χ1n) is 8.11. The Labute approximate surface area is 139 Å². The van der Waals surface area contributed by atoms with Crippen LogP contribution in [0.5, 0.6) is 5.75 Å². The van der Waals surface area contributed by atoms with Gasteiger partial charge in [-0.1, -0.05) is 6.07 Å². The van der Waals surface area contributed by atoms with Crippen molar-refractivity contribution in [3.63, 3.8) is 0 Å². The fourth-order valence-corrected chi connectivity index (χ4v) is 4.19. The summed E-state index contributed by atoms with van der Waals surface area (Å²) >= 11 is 0. The molecule has 0 aromatic heterocycles. The van der Waals surface area contributed by atoms with Crippen molar-refractivity contribution in [2.24, 2.45) is 0 Å². The van der Waals surface area contributed by atoms with Crippen LogP contribution in [-0.4, -0.2) is 60.2 Å². The fourth-order valence-electron chi connectivity index (χ4n) is 4.19. The Morgan fingerprint density at radius 1 is 1.46 bits per heavy atom. The Morgan fingerprint density at radius 2 is 2.29 bits per heavy atom. The first-order valence-corrected chi connectivity index (χ1v) is 8.11. The summed E-state index contributed by atoms with van der Waals surface area (Å²) in [6.45, 7) is 1.68. The second kappa shape index (κ2) is 5.44. The summed E-state index contributed by atoms with van der Waals surface area (Å²) < 4.78 is 24.6. The molecule has 3 aliphatic heterocycles. The van der Waals surface area contributed by atoms with Crippen LogP contribution in [0.1, 0.15) is 18.4 Å². The number of nitrogens with zero attached hydrogens (tertiary/aromatic N) is 2. The quantitative estimate of drug-likeness (QED) is 0.825. The van der Waals surface area contributed by atoms with Crippen molar-refractivity contribution < 1.29 is 23.5 Å². The molecular formula is C17H19FN2O4. The zero-order chi connectivity index (χ0) is 16.9. The average molecular weight is 334 g/mol. The van der Waals surface area contributed by atoms with Gasteiger partial charge in [0.1, 0.15) is 0 Å². The minimum Gasteiger partial charge on any atom is -0.494 e. The van der Waals surface area contributed by atoms with Gasteiger partial charge < -0.3 is 19.3 Å². The van der Waals surface area contributed by atoms with Crippen molar-refractivity contribution in [3.8, 4) is 5.75 Å². The lowest BCUT2D eigenvalue weighted by Crippen LogP contribution is -2.49. The molecule has 1 aromatic carbocycles. The van der Waals surface area contributed by atoms with E-state index in [-0.39, 0.29) is 30.0 Å².